The fraction of sp³-hybridized carbons (Fsp3) is 0.118. The normalized spacial score (nSPS) is 10.6. The van der Waals surface area contributed by atoms with E-state index in [1.807, 2.05) is 6.07 Å². The molecule has 1 N–H and O–H groups in total. The van der Waals surface area contributed by atoms with Crippen LogP contribution in [-0.4, -0.2) is 20.4 Å². The summed E-state index contributed by atoms with van der Waals surface area (Å²) in [5.74, 6) is -0.0802. The predicted molar refractivity (Wildman–Crippen MR) is 88.3 cm³/mol. The topological polar surface area (TPSA) is 59.8 Å². The van der Waals surface area contributed by atoms with E-state index in [-0.39, 0.29) is 22.9 Å². The Morgan fingerprint density at radius 1 is 1.29 bits per heavy atom. The van der Waals surface area contributed by atoms with Crippen molar-refractivity contribution in [2.75, 3.05) is 0 Å². The first-order chi connectivity index (χ1) is 11.6. The molecule has 0 unspecified atom stereocenters. The van der Waals surface area contributed by atoms with Crippen molar-refractivity contribution in [3.05, 3.63) is 77.2 Å². The zero-order valence-electron chi connectivity index (χ0n) is 12.6. The lowest BCUT2D eigenvalue weighted by molar-refractivity contribution is -0.120. The Morgan fingerprint density at radius 2 is 2.17 bits per heavy atom. The van der Waals surface area contributed by atoms with Crippen molar-refractivity contribution in [2.45, 2.75) is 13.0 Å². The molecule has 24 heavy (non-hydrogen) atoms. The van der Waals surface area contributed by atoms with Crippen LogP contribution in [0.4, 0.5) is 4.39 Å². The number of halogens is 2. The molecule has 1 amide bonds. The Bertz CT molecular complexity index is 831. The molecule has 0 saturated carbocycles. The van der Waals surface area contributed by atoms with Crippen LogP contribution in [0.1, 0.15) is 11.1 Å². The Kier molecular flexibility index (Phi) is 4.86. The minimum atomic E-state index is -0.482. The van der Waals surface area contributed by atoms with Crippen molar-refractivity contribution >= 4 is 17.5 Å². The largest absolute Gasteiger partial charge is 0.352 e. The van der Waals surface area contributed by atoms with Crippen LogP contribution < -0.4 is 5.32 Å². The van der Waals surface area contributed by atoms with E-state index in [2.05, 4.69) is 15.3 Å². The SMILES string of the molecule is O=C(Cc1c(F)cccc1Cl)NCc1ccnc(-n2ccnc2)c1. The molecule has 0 fully saturated rings. The van der Waals surface area contributed by atoms with Crippen LogP contribution in [0.5, 0.6) is 0 Å². The van der Waals surface area contributed by atoms with Gasteiger partial charge in [-0.2, -0.15) is 0 Å². The summed E-state index contributed by atoms with van der Waals surface area (Å²) < 4.78 is 15.5. The number of imidazole rings is 1. The van der Waals surface area contributed by atoms with E-state index in [1.165, 1.54) is 12.1 Å². The van der Waals surface area contributed by atoms with Gasteiger partial charge in [0.25, 0.3) is 0 Å². The van der Waals surface area contributed by atoms with Crippen molar-refractivity contribution in [3.63, 3.8) is 0 Å². The fourth-order valence-corrected chi connectivity index (χ4v) is 2.46. The standard InChI is InChI=1S/C17H14ClFN4O/c18-14-2-1-3-15(19)13(14)9-17(24)22-10-12-4-5-21-16(8-12)23-7-6-20-11-23/h1-8,11H,9-10H2,(H,22,24). The molecule has 2 heterocycles. The van der Waals surface area contributed by atoms with E-state index >= 15 is 0 Å². The monoisotopic (exact) mass is 344 g/mol. The molecule has 5 nitrogen and oxygen atoms in total. The number of carbonyl (C=O) groups excluding carboxylic acids is 1. The highest BCUT2D eigenvalue weighted by atomic mass is 35.5. The highest BCUT2D eigenvalue weighted by Crippen LogP contribution is 2.19. The van der Waals surface area contributed by atoms with Gasteiger partial charge in [-0.1, -0.05) is 17.7 Å². The van der Waals surface area contributed by atoms with Crippen molar-refractivity contribution < 1.29 is 9.18 Å². The number of pyridine rings is 1. The summed E-state index contributed by atoms with van der Waals surface area (Å²) in [4.78, 5) is 20.3. The third-order valence-corrected chi connectivity index (χ3v) is 3.82. The van der Waals surface area contributed by atoms with E-state index in [1.54, 1.807) is 41.6 Å². The molecule has 0 aliphatic rings. The quantitative estimate of drug-likeness (QED) is 0.774. The molecule has 1 aromatic carbocycles. The second-order valence-electron chi connectivity index (χ2n) is 5.15. The van der Waals surface area contributed by atoms with Gasteiger partial charge in [0.2, 0.25) is 5.91 Å². The molecular weight excluding hydrogens is 331 g/mol. The first-order valence-electron chi connectivity index (χ1n) is 7.26. The molecule has 0 bridgehead atoms. The summed E-state index contributed by atoms with van der Waals surface area (Å²) in [6, 6.07) is 8.00. The minimum absolute atomic E-state index is 0.106. The summed E-state index contributed by atoms with van der Waals surface area (Å²) in [6.45, 7) is 0.315. The molecule has 0 atom stereocenters. The van der Waals surface area contributed by atoms with Gasteiger partial charge in [-0.05, 0) is 29.8 Å². The van der Waals surface area contributed by atoms with Crippen molar-refractivity contribution in [1.82, 2.24) is 19.9 Å². The van der Waals surface area contributed by atoms with Crippen molar-refractivity contribution in [3.8, 4) is 5.82 Å². The van der Waals surface area contributed by atoms with E-state index in [0.29, 0.717) is 12.4 Å². The Hall–Kier alpha value is -2.73. The summed E-state index contributed by atoms with van der Waals surface area (Å²) in [7, 11) is 0. The Balaban J connectivity index is 1.64. The van der Waals surface area contributed by atoms with Gasteiger partial charge in [0.15, 0.2) is 0 Å². The lowest BCUT2D eigenvalue weighted by Gasteiger charge is -2.09. The number of carbonyl (C=O) groups is 1. The average molecular weight is 345 g/mol. The Labute approximate surface area is 143 Å². The van der Waals surface area contributed by atoms with Crippen LogP contribution in [0.15, 0.2) is 55.2 Å². The third kappa shape index (κ3) is 3.78. The molecule has 0 aliphatic carbocycles. The fourth-order valence-electron chi connectivity index (χ4n) is 2.23. The van der Waals surface area contributed by atoms with Gasteiger partial charge in [-0.3, -0.25) is 9.36 Å². The second-order valence-corrected chi connectivity index (χ2v) is 5.55. The predicted octanol–water partition coefficient (Wildman–Crippen LogP) is 2.92. The summed E-state index contributed by atoms with van der Waals surface area (Å²) in [5, 5.41) is 3.00. The van der Waals surface area contributed by atoms with Gasteiger partial charge in [-0.15, -0.1) is 0 Å². The third-order valence-electron chi connectivity index (χ3n) is 3.47. The number of benzene rings is 1. The van der Waals surface area contributed by atoms with Gasteiger partial charge < -0.3 is 5.32 Å². The molecule has 0 spiro atoms. The summed E-state index contributed by atoms with van der Waals surface area (Å²) >= 11 is 5.93. The van der Waals surface area contributed by atoms with Crippen LogP contribution in [0.3, 0.4) is 0 Å². The first-order valence-corrected chi connectivity index (χ1v) is 7.64. The molecule has 0 aliphatic heterocycles. The smallest absolute Gasteiger partial charge is 0.224 e. The van der Waals surface area contributed by atoms with Crippen molar-refractivity contribution in [1.29, 1.82) is 0 Å². The highest BCUT2D eigenvalue weighted by molar-refractivity contribution is 6.31. The number of rotatable bonds is 5. The van der Waals surface area contributed by atoms with Gasteiger partial charge in [0, 0.05) is 35.7 Å². The highest BCUT2D eigenvalue weighted by Gasteiger charge is 2.11. The molecule has 0 radical (unpaired) electrons. The van der Waals surface area contributed by atoms with E-state index < -0.39 is 5.82 Å². The lowest BCUT2D eigenvalue weighted by atomic mass is 10.1. The number of hydrogen-bond donors (Lipinski definition) is 1. The lowest BCUT2D eigenvalue weighted by Crippen LogP contribution is -2.25. The molecular formula is C17H14ClFN4O. The van der Waals surface area contributed by atoms with Gasteiger partial charge in [0.05, 0.1) is 6.42 Å². The average Bonchev–Trinajstić information content (AvgIpc) is 3.11. The van der Waals surface area contributed by atoms with Crippen molar-refractivity contribution in [2.24, 2.45) is 0 Å². The summed E-state index contributed by atoms with van der Waals surface area (Å²) in [6.07, 6.45) is 6.64. The molecule has 3 rings (SSSR count). The number of nitrogens with zero attached hydrogens (tertiary/aromatic N) is 3. The zero-order valence-corrected chi connectivity index (χ0v) is 13.4. The van der Waals surface area contributed by atoms with Crippen LogP contribution in [0, 0.1) is 5.82 Å². The van der Waals surface area contributed by atoms with Gasteiger partial charge in [0.1, 0.15) is 18.0 Å². The second kappa shape index (κ2) is 7.23. The molecule has 2 aromatic heterocycles. The molecule has 122 valence electrons. The zero-order chi connectivity index (χ0) is 16.9. The van der Waals surface area contributed by atoms with Gasteiger partial charge in [-0.25, -0.2) is 14.4 Å². The molecule has 0 saturated heterocycles. The van der Waals surface area contributed by atoms with E-state index in [0.717, 1.165) is 5.56 Å². The van der Waals surface area contributed by atoms with Crippen LogP contribution >= 0.6 is 11.6 Å². The van der Waals surface area contributed by atoms with Crippen LogP contribution in [0.25, 0.3) is 5.82 Å². The van der Waals surface area contributed by atoms with Crippen LogP contribution in [-0.2, 0) is 17.8 Å². The number of amides is 1. The maximum absolute atomic E-state index is 13.7. The molecule has 3 aromatic rings. The maximum atomic E-state index is 13.7. The minimum Gasteiger partial charge on any atom is -0.352 e. The van der Waals surface area contributed by atoms with E-state index in [4.69, 9.17) is 11.6 Å². The Morgan fingerprint density at radius 3 is 2.92 bits per heavy atom. The number of aromatic nitrogens is 3. The van der Waals surface area contributed by atoms with Crippen LogP contribution in [0.2, 0.25) is 5.02 Å². The summed E-state index contributed by atoms with van der Waals surface area (Å²) in [5.41, 5.74) is 1.08. The first kappa shape index (κ1) is 16.1. The number of nitrogens with one attached hydrogen (secondary N) is 1. The van der Waals surface area contributed by atoms with E-state index in [9.17, 15) is 9.18 Å². The molecule has 7 heteroatoms. The number of hydrogen-bond acceptors (Lipinski definition) is 3. The maximum Gasteiger partial charge on any atom is 0.224 e. The van der Waals surface area contributed by atoms with Gasteiger partial charge >= 0.3 is 0 Å².